The second kappa shape index (κ2) is 6.35. The maximum atomic E-state index is 10.8. The first-order valence-corrected chi connectivity index (χ1v) is 7.47. The molecule has 6 heteroatoms. The van der Waals surface area contributed by atoms with Gasteiger partial charge in [-0.15, -0.1) is 11.3 Å². The SMILES string of the molecule is CC(NC(C)c1csc(Cl)c1)c1cccc([N+](=O)[O-])c1. The fraction of sp³-hybridized carbons (Fsp3) is 0.286. The molecule has 2 rings (SSSR count). The molecule has 0 fully saturated rings. The number of hydrogen-bond donors (Lipinski definition) is 1. The molecule has 20 heavy (non-hydrogen) atoms. The zero-order valence-electron chi connectivity index (χ0n) is 11.2. The Morgan fingerprint density at radius 3 is 2.55 bits per heavy atom. The van der Waals surface area contributed by atoms with E-state index in [0.717, 1.165) is 15.5 Å². The molecule has 1 aromatic heterocycles. The molecule has 2 unspecified atom stereocenters. The van der Waals surface area contributed by atoms with Gasteiger partial charge < -0.3 is 5.32 Å². The minimum absolute atomic E-state index is 0.0172. The Morgan fingerprint density at radius 1 is 1.25 bits per heavy atom. The summed E-state index contributed by atoms with van der Waals surface area (Å²) in [4.78, 5) is 10.4. The van der Waals surface area contributed by atoms with Gasteiger partial charge in [-0.25, -0.2) is 0 Å². The van der Waals surface area contributed by atoms with E-state index in [2.05, 4.69) is 5.32 Å². The maximum absolute atomic E-state index is 10.8. The third-order valence-electron chi connectivity index (χ3n) is 3.17. The molecular formula is C14H15ClN2O2S. The summed E-state index contributed by atoms with van der Waals surface area (Å²) in [5.41, 5.74) is 2.13. The monoisotopic (exact) mass is 310 g/mol. The van der Waals surface area contributed by atoms with Crippen LogP contribution in [0.4, 0.5) is 5.69 Å². The number of nitrogens with zero attached hydrogens (tertiary/aromatic N) is 1. The molecule has 0 spiro atoms. The molecule has 0 radical (unpaired) electrons. The zero-order valence-corrected chi connectivity index (χ0v) is 12.7. The fourth-order valence-electron chi connectivity index (χ4n) is 2.03. The highest BCUT2D eigenvalue weighted by molar-refractivity contribution is 7.14. The number of nitro benzene ring substituents is 1. The van der Waals surface area contributed by atoms with Gasteiger partial charge >= 0.3 is 0 Å². The van der Waals surface area contributed by atoms with Crippen LogP contribution in [0.1, 0.15) is 37.1 Å². The van der Waals surface area contributed by atoms with Crippen molar-refractivity contribution in [2.45, 2.75) is 25.9 Å². The van der Waals surface area contributed by atoms with Gasteiger partial charge in [-0.1, -0.05) is 23.7 Å². The largest absolute Gasteiger partial charge is 0.304 e. The van der Waals surface area contributed by atoms with Crippen molar-refractivity contribution in [2.75, 3.05) is 0 Å². The van der Waals surface area contributed by atoms with E-state index in [1.807, 2.05) is 31.4 Å². The first kappa shape index (κ1) is 15.0. The fourth-order valence-corrected chi connectivity index (χ4v) is 3.01. The lowest BCUT2D eigenvalue weighted by molar-refractivity contribution is -0.384. The van der Waals surface area contributed by atoms with Crippen molar-refractivity contribution in [3.8, 4) is 0 Å². The Labute approximate surface area is 126 Å². The summed E-state index contributed by atoms with van der Waals surface area (Å²) in [6, 6.07) is 8.78. The van der Waals surface area contributed by atoms with Crippen LogP contribution >= 0.6 is 22.9 Å². The van der Waals surface area contributed by atoms with E-state index in [1.165, 1.54) is 17.4 Å². The Morgan fingerprint density at radius 2 is 1.95 bits per heavy atom. The summed E-state index contributed by atoms with van der Waals surface area (Å²) in [7, 11) is 0. The lowest BCUT2D eigenvalue weighted by atomic mass is 10.1. The molecule has 0 aliphatic heterocycles. The van der Waals surface area contributed by atoms with E-state index in [4.69, 9.17) is 11.6 Å². The van der Waals surface area contributed by atoms with E-state index >= 15 is 0 Å². The van der Waals surface area contributed by atoms with Crippen LogP contribution in [0.15, 0.2) is 35.7 Å². The minimum atomic E-state index is -0.377. The molecule has 0 bridgehead atoms. The van der Waals surface area contributed by atoms with Crippen molar-refractivity contribution in [1.29, 1.82) is 0 Å². The highest BCUT2D eigenvalue weighted by atomic mass is 35.5. The van der Waals surface area contributed by atoms with E-state index in [1.54, 1.807) is 12.1 Å². The molecule has 0 aliphatic rings. The number of nitro groups is 1. The van der Waals surface area contributed by atoms with Crippen molar-refractivity contribution in [3.63, 3.8) is 0 Å². The van der Waals surface area contributed by atoms with Crippen LogP contribution < -0.4 is 5.32 Å². The van der Waals surface area contributed by atoms with Crippen LogP contribution in [-0.2, 0) is 0 Å². The van der Waals surface area contributed by atoms with E-state index in [-0.39, 0.29) is 22.7 Å². The number of halogens is 1. The van der Waals surface area contributed by atoms with Crippen LogP contribution in [-0.4, -0.2) is 4.92 Å². The average Bonchev–Trinajstić information content (AvgIpc) is 2.85. The van der Waals surface area contributed by atoms with Crippen LogP contribution in [0, 0.1) is 10.1 Å². The number of thiophene rings is 1. The Balaban J connectivity index is 2.09. The molecule has 1 aromatic carbocycles. The predicted octanol–water partition coefficient (Wildman–Crippen LogP) is 4.72. The summed E-state index contributed by atoms with van der Waals surface area (Å²) in [5.74, 6) is 0. The molecule has 1 N–H and O–H groups in total. The normalized spacial score (nSPS) is 13.9. The summed E-state index contributed by atoms with van der Waals surface area (Å²) < 4.78 is 0.761. The van der Waals surface area contributed by atoms with Crippen molar-refractivity contribution in [3.05, 3.63) is 61.3 Å². The van der Waals surface area contributed by atoms with Gasteiger partial charge in [-0.05, 0) is 36.4 Å². The van der Waals surface area contributed by atoms with Crippen molar-refractivity contribution in [1.82, 2.24) is 5.32 Å². The quantitative estimate of drug-likeness (QED) is 0.642. The minimum Gasteiger partial charge on any atom is -0.304 e. The topological polar surface area (TPSA) is 55.2 Å². The lowest BCUT2D eigenvalue weighted by Gasteiger charge is -2.19. The number of non-ortho nitro benzene ring substituents is 1. The van der Waals surface area contributed by atoms with Crippen molar-refractivity contribution in [2.24, 2.45) is 0 Å². The van der Waals surface area contributed by atoms with Crippen LogP contribution in [0.3, 0.4) is 0 Å². The van der Waals surface area contributed by atoms with Gasteiger partial charge in [-0.2, -0.15) is 0 Å². The first-order chi connectivity index (χ1) is 9.47. The van der Waals surface area contributed by atoms with Gasteiger partial charge in [0.1, 0.15) is 0 Å². The highest BCUT2D eigenvalue weighted by Gasteiger charge is 2.14. The Hall–Kier alpha value is -1.43. The molecular weight excluding hydrogens is 296 g/mol. The second-order valence-electron chi connectivity index (χ2n) is 4.65. The van der Waals surface area contributed by atoms with Gasteiger partial charge in [-0.3, -0.25) is 10.1 Å². The standard InChI is InChI=1S/C14H15ClN2O2S/c1-9(11-4-3-5-13(6-11)17(18)19)16-10(2)12-7-14(15)20-8-12/h3-10,16H,1-2H3. The first-order valence-electron chi connectivity index (χ1n) is 6.21. The Bertz CT molecular complexity index is 615. The molecule has 1 heterocycles. The predicted molar refractivity (Wildman–Crippen MR) is 82.4 cm³/mol. The molecule has 0 saturated heterocycles. The molecule has 0 saturated carbocycles. The molecule has 0 amide bonds. The van der Waals surface area contributed by atoms with Gasteiger partial charge in [0.15, 0.2) is 0 Å². The van der Waals surface area contributed by atoms with Gasteiger partial charge in [0.25, 0.3) is 5.69 Å². The summed E-state index contributed by atoms with van der Waals surface area (Å²) in [6.45, 7) is 4.04. The van der Waals surface area contributed by atoms with E-state index in [0.29, 0.717) is 0 Å². The smallest absolute Gasteiger partial charge is 0.269 e. The van der Waals surface area contributed by atoms with Gasteiger partial charge in [0.2, 0.25) is 0 Å². The van der Waals surface area contributed by atoms with Crippen molar-refractivity contribution >= 4 is 28.6 Å². The molecule has 2 aromatic rings. The van der Waals surface area contributed by atoms with Gasteiger partial charge in [0.05, 0.1) is 9.26 Å². The number of rotatable bonds is 5. The number of benzene rings is 1. The van der Waals surface area contributed by atoms with Crippen LogP contribution in [0.2, 0.25) is 4.34 Å². The highest BCUT2D eigenvalue weighted by Crippen LogP contribution is 2.27. The van der Waals surface area contributed by atoms with E-state index < -0.39 is 0 Å². The third-order valence-corrected chi connectivity index (χ3v) is 4.28. The van der Waals surface area contributed by atoms with Crippen LogP contribution in [0.25, 0.3) is 0 Å². The second-order valence-corrected chi connectivity index (χ2v) is 6.19. The van der Waals surface area contributed by atoms with Crippen LogP contribution in [0.5, 0.6) is 0 Å². The number of hydrogen-bond acceptors (Lipinski definition) is 4. The summed E-state index contributed by atoms with van der Waals surface area (Å²) in [5, 5.41) is 16.2. The molecule has 4 nitrogen and oxygen atoms in total. The summed E-state index contributed by atoms with van der Waals surface area (Å²) in [6.07, 6.45) is 0. The molecule has 2 atom stereocenters. The number of nitrogens with one attached hydrogen (secondary N) is 1. The zero-order chi connectivity index (χ0) is 14.7. The molecule has 0 aliphatic carbocycles. The summed E-state index contributed by atoms with van der Waals surface area (Å²) >= 11 is 7.43. The Kier molecular flexibility index (Phi) is 4.75. The third kappa shape index (κ3) is 3.56. The average molecular weight is 311 g/mol. The van der Waals surface area contributed by atoms with Crippen molar-refractivity contribution < 1.29 is 4.92 Å². The maximum Gasteiger partial charge on any atom is 0.269 e. The van der Waals surface area contributed by atoms with Gasteiger partial charge in [0, 0.05) is 24.2 Å². The lowest BCUT2D eigenvalue weighted by Crippen LogP contribution is -2.22. The van der Waals surface area contributed by atoms with E-state index in [9.17, 15) is 10.1 Å². The molecule has 106 valence electrons.